The van der Waals surface area contributed by atoms with Crippen molar-refractivity contribution in [2.24, 2.45) is 5.92 Å². The lowest BCUT2D eigenvalue weighted by molar-refractivity contribution is -0.119. The van der Waals surface area contributed by atoms with Crippen LogP contribution in [0.2, 0.25) is 0 Å². The molecule has 0 aliphatic heterocycles. The van der Waals surface area contributed by atoms with Gasteiger partial charge in [-0.1, -0.05) is 44.2 Å². The molecule has 2 nitrogen and oxygen atoms in total. The Hall–Kier alpha value is -1.31. The maximum absolute atomic E-state index is 10.7. The van der Waals surface area contributed by atoms with E-state index in [9.17, 15) is 4.79 Å². The van der Waals surface area contributed by atoms with Crippen molar-refractivity contribution in [1.29, 1.82) is 0 Å². The van der Waals surface area contributed by atoms with Crippen LogP contribution in [0.1, 0.15) is 25.5 Å². The summed E-state index contributed by atoms with van der Waals surface area (Å²) in [6, 6.07) is 10.3. The van der Waals surface area contributed by atoms with E-state index in [1.807, 2.05) is 25.2 Å². The van der Waals surface area contributed by atoms with E-state index in [2.05, 4.69) is 26.0 Å². The minimum absolute atomic E-state index is 0.175. The van der Waals surface area contributed by atoms with Crippen LogP contribution in [0.5, 0.6) is 0 Å². The number of carbonyl (C=O) groups is 1. The van der Waals surface area contributed by atoms with Gasteiger partial charge in [-0.15, -0.1) is 0 Å². The van der Waals surface area contributed by atoms with Gasteiger partial charge in [-0.3, -0.25) is 4.79 Å². The fourth-order valence-electron chi connectivity index (χ4n) is 1.81. The van der Waals surface area contributed by atoms with Crippen molar-refractivity contribution in [1.82, 2.24) is 4.90 Å². The van der Waals surface area contributed by atoms with E-state index in [1.165, 1.54) is 5.56 Å². The summed E-state index contributed by atoms with van der Waals surface area (Å²) in [5.74, 6) is 0.424. The van der Waals surface area contributed by atoms with Gasteiger partial charge in [-0.05, 0) is 11.5 Å². The number of amides is 1. The Bertz CT molecular complexity index is 282. The molecule has 1 unspecified atom stereocenters. The van der Waals surface area contributed by atoms with Crippen molar-refractivity contribution in [2.45, 2.75) is 19.9 Å². The van der Waals surface area contributed by atoms with Gasteiger partial charge in [-0.25, -0.2) is 0 Å². The van der Waals surface area contributed by atoms with Crippen molar-refractivity contribution in [2.75, 3.05) is 7.05 Å². The van der Waals surface area contributed by atoms with Crippen LogP contribution < -0.4 is 0 Å². The second-order valence-electron chi connectivity index (χ2n) is 3.87. The van der Waals surface area contributed by atoms with Gasteiger partial charge in [0.1, 0.15) is 0 Å². The molecule has 0 saturated carbocycles. The van der Waals surface area contributed by atoms with Crippen molar-refractivity contribution in [3.8, 4) is 0 Å². The first-order valence-corrected chi connectivity index (χ1v) is 4.89. The van der Waals surface area contributed by atoms with Crippen molar-refractivity contribution in [3.63, 3.8) is 0 Å². The van der Waals surface area contributed by atoms with E-state index in [0.717, 1.165) is 6.41 Å². The second-order valence-corrected chi connectivity index (χ2v) is 3.87. The van der Waals surface area contributed by atoms with Crippen LogP contribution in [-0.4, -0.2) is 18.4 Å². The highest BCUT2D eigenvalue weighted by Gasteiger charge is 2.18. The minimum Gasteiger partial charge on any atom is -0.341 e. The van der Waals surface area contributed by atoms with Gasteiger partial charge < -0.3 is 4.90 Å². The summed E-state index contributed by atoms with van der Waals surface area (Å²) in [5, 5.41) is 0. The number of hydrogen-bond donors (Lipinski definition) is 0. The normalized spacial score (nSPS) is 12.6. The van der Waals surface area contributed by atoms with Crippen LogP contribution in [-0.2, 0) is 4.79 Å². The largest absolute Gasteiger partial charge is 0.341 e. The molecule has 1 amide bonds. The number of benzene rings is 1. The predicted molar refractivity (Wildman–Crippen MR) is 57.8 cm³/mol. The van der Waals surface area contributed by atoms with Gasteiger partial charge in [0.2, 0.25) is 6.41 Å². The highest BCUT2D eigenvalue weighted by molar-refractivity contribution is 5.48. The lowest BCUT2D eigenvalue weighted by Crippen LogP contribution is -2.27. The highest BCUT2D eigenvalue weighted by atomic mass is 16.1. The second kappa shape index (κ2) is 4.80. The third-order valence-electron chi connectivity index (χ3n) is 2.38. The molecule has 1 atom stereocenters. The molecular weight excluding hydrogens is 174 g/mol. The third kappa shape index (κ3) is 2.34. The third-order valence-corrected chi connectivity index (χ3v) is 2.38. The summed E-state index contributed by atoms with van der Waals surface area (Å²) in [4.78, 5) is 12.5. The zero-order chi connectivity index (χ0) is 10.6. The molecule has 0 aliphatic carbocycles. The summed E-state index contributed by atoms with van der Waals surface area (Å²) in [6.45, 7) is 4.25. The van der Waals surface area contributed by atoms with E-state index in [4.69, 9.17) is 0 Å². The quantitative estimate of drug-likeness (QED) is 0.669. The Kier molecular flexibility index (Phi) is 3.69. The fourth-order valence-corrected chi connectivity index (χ4v) is 1.81. The summed E-state index contributed by atoms with van der Waals surface area (Å²) >= 11 is 0. The average molecular weight is 191 g/mol. The monoisotopic (exact) mass is 191 g/mol. The summed E-state index contributed by atoms with van der Waals surface area (Å²) in [7, 11) is 1.82. The van der Waals surface area contributed by atoms with Gasteiger partial charge in [0.05, 0.1) is 6.04 Å². The highest BCUT2D eigenvalue weighted by Crippen LogP contribution is 2.25. The van der Waals surface area contributed by atoms with Crippen LogP contribution >= 0.6 is 0 Å². The zero-order valence-corrected chi connectivity index (χ0v) is 8.97. The van der Waals surface area contributed by atoms with Crippen LogP contribution in [0.4, 0.5) is 0 Å². The van der Waals surface area contributed by atoms with Crippen LogP contribution in [0.3, 0.4) is 0 Å². The van der Waals surface area contributed by atoms with E-state index in [-0.39, 0.29) is 6.04 Å². The first-order chi connectivity index (χ1) is 6.66. The molecule has 14 heavy (non-hydrogen) atoms. The van der Waals surface area contributed by atoms with Crippen molar-refractivity contribution >= 4 is 6.41 Å². The molecule has 0 radical (unpaired) electrons. The first-order valence-electron chi connectivity index (χ1n) is 4.89. The molecule has 2 heteroatoms. The molecular formula is C12H17NO. The van der Waals surface area contributed by atoms with Gasteiger partial charge in [0, 0.05) is 7.05 Å². The molecule has 0 N–H and O–H groups in total. The summed E-state index contributed by atoms with van der Waals surface area (Å²) < 4.78 is 0. The molecule has 1 aromatic carbocycles. The first kappa shape index (κ1) is 10.8. The Balaban J connectivity index is 2.94. The topological polar surface area (TPSA) is 20.3 Å². The van der Waals surface area contributed by atoms with Gasteiger partial charge in [-0.2, -0.15) is 0 Å². The standard InChI is InChI=1S/C12H17NO/c1-10(2)12(13(3)9-14)11-7-5-4-6-8-11/h4-10,12H,1-3H3. The van der Waals surface area contributed by atoms with Crippen molar-refractivity contribution in [3.05, 3.63) is 35.9 Å². The van der Waals surface area contributed by atoms with Crippen LogP contribution in [0.15, 0.2) is 30.3 Å². The van der Waals surface area contributed by atoms with Crippen LogP contribution in [0.25, 0.3) is 0 Å². The Labute approximate surface area is 85.5 Å². The van der Waals surface area contributed by atoms with E-state index in [0.29, 0.717) is 5.92 Å². The maximum Gasteiger partial charge on any atom is 0.209 e. The molecule has 0 spiro atoms. The van der Waals surface area contributed by atoms with E-state index in [1.54, 1.807) is 4.90 Å². The molecule has 1 aromatic rings. The smallest absolute Gasteiger partial charge is 0.209 e. The molecule has 0 aromatic heterocycles. The molecule has 0 fully saturated rings. The predicted octanol–water partition coefficient (Wildman–Crippen LogP) is 2.47. The summed E-state index contributed by atoms with van der Waals surface area (Å²) in [5.41, 5.74) is 1.19. The van der Waals surface area contributed by atoms with Crippen molar-refractivity contribution < 1.29 is 4.79 Å². The minimum atomic E-state index is 0.175. The van der Waals surface area contributed by atoms with Crippen LogP contribution in [0, 0.1) is 5.92 Å². The van der Waals surface area contributed by atoms with Gasteiger partial charge >= 0.3 is 0 Å². The summed E-state index contributed by atoms with van der Waals surface area (Å²) in [6.07, 6.45) is 0.887. The SMILES string of the molecule is CC(C)C(c1ccccc1)N(C)C=O. The lowest BCUT2D eigenvalue weighted by Gasteiger charge is -2.28. The number of hydrogen-bond acceptors (Lipinski definition) is 1. The Morgan fingerprint density at radius 3 is 2.21 bits per heavy atom. The molecule has 0 heterocycles. The molecule has 0 bridgehead atoms. The molecule has 0 aliphatic rings. The maximum atomic E-state index is 10.7. The number of rotatable bonds is 4. The average Bonchev–Trinajstić information content (AvgIpc) is 2.19. The Morgan fingerprint density at radius 1 is 1.21 bits per heavy atom. The van der Waals surface area contributed by atoms with E-state index >= 15 is 0 Å². The molecule has 1 rings (SSSR count). The van der Waals surface area contributed by atoms with Gasteiger partial charge in [0.15, 0.2) is 0 Å². The zero-order valence-electron chi connectivity index (χ0n) is 8.97. The van der Waals surface area contributed by atoms with E-state index < -0.39 is 0 Å². The lowest BCUT2D eigenvalue weighted by atomic mass is 9.95. The number of nitrogens with zero attached hydrogens (tertiary/aromatic N) is 1. The van der Waals surface area contributed by atoms with Gasteiger partial charge in [0.25, 0.3) is 0 Å². The fraction of sp³-hybridized carbons (Fsp3) is 0.417. The number of carbonyl (C=O) groups excluding carboxylic acids is 1. The molecule has 0 saturated heterocycles. The molecule has 76 valence electrons. The Morgan fingerprint density at radius 2 is 1.79 bits per heavy atom.